The van der Waals surface area contributed by atoms with Gasteiger partial charge in [-0.15, -0.1) is 0 Å². The molecule has 0 radical (unpaired) electrons. The molecule has 1 heterocycles. The zero-order valence-corrected chi connectivity index (χ0v) is 8.31. The topological polar surface area (TPSA) is 55.3 Å². The number of benzene rings is 1. The highest BCUT2D eigenvalue weighted by Gasteiger charge is 2.23. The van der Waals surface area contributed by atoms with Gasteiger partial charge < -0.3 is 16.4 Å². The summed E-state index contributed by atoms with van der Waals surface area (Å²) in [6.45, 7) is 1.64. The molecule has 1 aliphatic heterocycles. The maximum Gasteiger partial charge on any atom is 0.169 e. The van der Waals surface area contributed by atoms with Gasteiger partial charge in [0, 0.05) is 13.1 Å². The second kappa shape index (κ2) is 3.20. The Morgan fingerprint density at radius 1 is 1.29 bits per heavy atom. The van der Waals surface area contributed by atoms with Crippen LogP contribution in [0.2, 0.25) is 5.02 Å². The second-order valence-electron chi connectivity index (χ2n) is 3.37. The van der Waals surface area contributed by atoms with E-state index in [4.69, 9.17) is 23.1 Å². The zero-order chi connectivity index (χ0) is 10.3. The molecule has 1 aromatic rings. The summed E-state index contributed by atoms with van der Waals surface area (Å²) in [5.41, 5.74) is 12.1. The summed E-state index contributed by atoms with van der Waals surface area (Å²) >= 11 is 5.70. The molecule has 0 aromatic heterocycles. The van der Waals surface area contributed by atoms with Crippen molar-refractivity contribution in [1.82, 2.24) is 0 Å². The van der Waals surface area contributed by atoms with Gasteiger partial charge >= 0.3 is 0 Å². The number of anilines is 3. The zero-order valence-electron chi connectivity index (χ0n) is 7.56. The van der Waals surface area contributed by atoms with E-state index in [1.807, 2.05) is 4.90 Å². The van der Waals surface area contributed by atoms with E-state index in [0.717, 1.165) is 19.5 Å². The van der Waals surface area contributed by atoms with Crippen molar-refractivity contribution < 1.29 is 4.39 Å². The summed E-state index contributed by atoms with van der Waals surface area (Å²) in [6.07, 6.45) is 1.06. The number of hydrogen-bond acceptors (Lipinski definition) is 3. The van der Waals surface area contributed by atoms with Crippen molar-refractivity contribution in [3.8, 4) is 0 Å². The predicted octanol–water partition coefficient (Wildman–Crippen LogP) is 1.85. The molecule has 1 aliphatic rings. The number of nitrogens with two attached hydrogens (primary N) is 2. The van der Waals surface area contributed by atoms with Crippen LogP contribution in [-0.2, 0) is 0 Å². The standard InChI is InChI=1S/C9H11ClFN3/c10-7-5(12)4-6(13)9(8(7)11)14-2-1-3-14/h4H,1-3,12-13H2. The minimum atomic E-state index is -0.510. The first-order chi connectivity index (χ1) is 6.61. The molecule has 0 bridgehead atoms. The number of nitrogen functional groups attached to an aromatic ring is 2. The molecule has 0 spiro atoms. The Morgan fingerprint density at radius 3 is 2.43 bits per heavy atom. The fraction of sp³-hybridized carbons (Fsp3) is 0.333. The van der Waals surface area contributed by atoms with E-state index in [-0.39, 0.29) is 10.7 Å². The third kappa shape index (κ3) is 1.26. The van der Waals surface area contributed by atoms with E-state index in [1.165, 1.54) is 6.07 Å². The summed E-state index contributed by atoms with van der Waals surface area (Å²) < 4.78 is 13.7. The van der Waals surface area contributed by atoms with Crippen LogP contribution in [0.4, 0.5) is 21.5 Å². The predicted molar refractivity (Wildman–Crippen MR) is 57.1 cm³/mol. The lowest BCUT2D eigenvalue weighted by molar-refractivity contribution is 0.575. The molecule has 2 rings (SSSR count). The van der Waals surface area contributed by atoms with E-state index >= 15 is 0 Å². The minimum absolute atomic E-state index is 0.0406. The lowest BCUT2D eigenvalue weighted by Gasteiger charge is -2.34. The fourth-order valence-electron chi connectivity index (χ4n) is 1.52. The van der Waals surface area contributed by atoms with Gasteiger partial charge in [-0.2, -0.15) is 0 Å². The fourth-order valence-corrected chi connectivity index (χ4v) is 1.66. The normalized spacial score (nSPS) is 15.4. The van der Waals surface area contributed by atoms with E-state index in [2.05, 4.69) is 0 Å². The molecule has 4 N–H and O–H groups in total. The van der Waals surface area contributed by atoms with Gasteiger partial charge in [-0.1, -0.05) is 11.6 Å². The van der Waals surface area contributed by atoms with E-state index < -0.39 is 5.82 Å². The largest absolute Gasteiger partial charge is 0.397 e. The van der Waals surface area contributed by atoms with Gasteiger partial charge in [-0.3, -0.25) is 0 Å². The van der Waals surface area contributed by atoms with E-state index in [0.29, 0.717) is 11.4 Å². The van der Waals surface area contributed by atoms with Gasteiger partial charge in [0.1, 0.15) is 5.02 Å². The molecule has 1 aromatic carbocycles. The lowest BCUT2D eigenvalue weighted by Crippen LogP contribution is -2.38. The molecule has 0 saturated carbocycles. The molecule has 0 amide bonds. The third-order valence-electron chi connectivity index (χ3n) is 2.41. The van der Waals surface area contributed by atoms with Crippen LogP contribution in [-0.4, -0.2) is 13.1 Å². The molecule has 3 nitrogen and oxygen atoms in total. The summed E-state index contributed by atoms with van der Waals surface area (Å²) in [5.74, 6) is -0.510. The molecular formula is C9H11ClFN3. The molecular weight excluding hydrogens is 205 g/mol. The summed E-state index contributed by atoms with van der Waals surface area (Å²) in [4.78, 5) is 1.86. The van der Waals surface area contributed by atoms with Crippen LogP contribution in [0.15, 0.2) is 6.07 Å². The van der Waals surface area contributed by atoms with E-state index in [1.54, 1.807) is 0 Å². The van der Waals surface area contributed by atoms with Gasteiger partial charge in [-0.05, 0) is 12.5 Å². The molecule has 1 saturated heterocycles. The first-order valence-electron chi connectivity index (χ1n) is 4.39. The van der Waals surface area contributed by atoms with Crippen LogP contribution in [0.3, 0.4) is 0 Å². The van der Waals surface area contributed by atoms with Crippen LogP contribution >= 0.6 is 11.6 Å². The number of rotatable bonds is 1. The molecule has 76 valence electrons. The highest BCUT2D eigenvalue weighted by Crippen LogP contribution is 2.37. The van der Waals surface area contributed by atoms with Crippen LogP contribution in [0.25, 0.3) is 0 Å². The van der Waals surface area contributed by atoms with Crippen LogP contribution in [0.1, 0.15) is 6.42 Å². The summed E-state index contributed by atoms with van der Waals surface area (Å²) in [6, 6.07) is 1.50. The number of hydrogen-bond donors (Lipinski definition) is 2. The van der Waals surface area contributed by atoms with Crippen molar-refractivity contribution in [2.24, 2.45) is 0 Å². The molecule has 0 aliphatic carbocycles. The van der Waals surface area contributed by atoms with Crippen molar-refractivity contribution in [2.75, 3.05) is 29.5 Å². The second-order valence-corrected chi connectivity index (χ2v) is 3.75. The van der Waals surface area contributed by atoms with Gasteiger partial charge in [0.15, 0.2) is 5.82 Å². The van der Waals surface area contributed by atoms with Gasteiger partial charge in [-0.25, -0.2) is 4.39 Å². The summed E-state index contributed by atoms with van der Waals surface area (Å²) in [7, 11) is 0. The lowest BCUT2D eigenvalue weighted by atomic mass is 10.1. The minimum Gasteiger partial charge on any atom is -0.397 e. The monoisotopic (exact) mass is 215 g/mol. The SMILES string of the molecule is Nc1cc(N)c(N2CCC2)c(F)c1Cl. The van der Waals surface area contributed by atoms with Crippen LogP contribution < -0.4 is 16.4 Å². The van der Waals surface area contributed by atoms with Crippen molar-refractivity contribution >= 4 is 28.7 Å². The van der Waals surface area contributed by atoms with Crippen molar-refractivity contribution in [2.45, 2.75) is 6.42 Å². The average Bonchev–Trinajstić information content (AvgIpc) is 2.05. The maximum atomic E-state index is 13.7. The van der Waals surface area contributed by atoms with Crippen LogP contribution in [0, 0.1) is 5.82 Å². The Hall–Kier alpha value is -1.16. The van der Waals surface area contributed by atoms with Gasteiger partial charge in [0.2, 0.25) is 0 Å². The molecule has 0 unspecified atom stereocenters. The average molecular weight is 216 g/mol. The Balaban J connectivity index is 2.52. The van der Waals surface area contributed by atoms with Crippen LogP contribution in [0.5, 0.6) is 0 Å². The Bertz CT molecular complexity index is 377. The van der Waals surface area contributed by atoms with Gasteiger partial charge in [0.25, 0.3) is 0 Å². The Kier molecular flexibility index (Phi) is 2.15. The van der Waals surface area contributed by atoms with Gasteiger partial charge in [0.05, 0.1) is 17.1 Å². The quantitative estimate of drug-likeness (QED) is 0.703. The molecule has 0 atom stereocenters. The van der Waals surface area contributed by atoms with Crippen molar-refractivity contribution in [3.63, 3.8) is 0 Å². The molecule has 1 fully saturated rings. The first-order valence-corrected chi connectivity index (χ1v) is 4.77. The third-order valence-corrected chi connectivity index (χ3v) is 2.79. The van der Waals surface area contributed by atoms with Crippen molar-refractivity contribution in [3.05, 3.63) is 16.9 Å². The smallest absolute Gasteiger partial charge is 0.169 e. The first kappa shape index (κ1) is 9.40. The highest BCUT2D eigenvalue weighted by atomic mass is 35.5. The maximum absolute atomic E-state index is 13.7. The Morgan fingerprint density at radius 2 is 1.93 bits per heavy atom. The molecule has 5 heteroatoms. The number of nitrogens with zero attached hydrogens (tertiary/aromatic N) is 1. The van der Waals surface area contributed by atoms with E-state index in [9.17, 15) is 4.39 Å². The van der Waals surface area contributed by atoms with Crippen molar-refractivity contribution in [1.29, 1.82) is 0 Å². The molecule has 14 heavy (non-hydrogen) atoms. The Labute approximate surface area is 86.4 Å². The highest BCUT2D eigenvalue weighted by molar-refractivity contribution is 6.33. The summed E-state index contributed by atoms with van der Waals surface area (Å²) in [5, 5.41) is -0.0406. The number of halogens is 2.